The van der Waals surface area contributed by atoms with Crippen LogP contribution in [0.4, 0.5) is 0 Å². The largest absolute Gasteiger partial charge is 0.462 e. The van der Waals surface area contributed by atoms with E-state index < -0.39 is 5.79 Å². The van der Waals surface area contributed by atoms with Crippen LogP contribution in [0.1, 0.15) is 73.1 Å². The molecule has 26 heavy (non-hydrogen) atoms. The van der Waals surface area contributed by atoms with E-state index in [0.717, 1.165) is 38.5 Å². The van der Waals surface area contributed by atoms with Gasteiger partial charge in [0.15, 0.2) is 5.79 Å². The second-order valence-electron chi connectivity index (χ2n) is 8.40. The third-order valence-electron chi connectivity index (χ3n) is 5.86. The molecule has 2 rings (SSSR count). The fraction of sp³-hybridized carbons (Fsp3) is 0.857. The van der Waals surface area contributed by atoms with Crippen molar-refractivity contribution >= 4 is 5.97 Å². The molecule has 2 aliphatic rings. The molecule has 2 aliphatic heterocycles. The van der Waals surface area contributed by atoms with Crippen molar-refractivity contribution in [1.29, 1.82) is 0 Å². The normalized spacial score (nSPS) is 32.8. The van der Waals surface area contributed by atoms with Gasteiger partial charge in [0.1, 0.15) is 12.7 Å². The van der Waals surface area contributed by atoms with Gasteiger partial charge in [-0.2, -0.15) is 0 Å². The number of fused-ring (bicyclic) bond motifs is 2. The average molecular weight is 369 g/mol. The molecule has 0 N–H and O–H groups in total. The van der Waals surface area contributed by atoms with Gasteiger partial charge in [-0.15, -0.1) is 0 Å². The monoisotopic (exact) mass is 368 g/mol. The zero-order valence-electron chi connectivity index (χ0n) is 17.3. The molecule has 150 valence electrons. The topological polar surface area (TPSA) is 54.0 Å². The van der Waals surface area contributed by atoms with Gasteiger partial charge in [-0.25, -0.2) is 0 Å². The average Bonchev–Trinajstić information content (AvgIpc) is 2.97. The number of ether oxygens (including phenoxy) is 4. The van der Waals surface area contributed by atoms with Crippen molar-refractivity contribution in [3.8, 4) is 0 Å². The van der Waals surface area contributed by atoms with Gasteiger partial charge >= 0.3 is 5.97 Å². The number of hydrogen-bond acceptors (Lipinski definition) is 5. The molecule has 2 bridgehead atoms. The summed E-state index contributed by atoms with van der Waals surface area (Å²) in [6.07, 6.45) is 7.80. The summed E-state index contributed by atoms with van der Waals surface area (Å²) in [4.78, 5) is 11.4. The number of allylic oxidation sites excluding steroid dienone is 1. The molecule has 0 aliphatic carbocycles. The molecule has 0 aromatic rings. The molecule has 2 fully saturated rings. The molecule has 0 amide bonds. The Kier molecular flexibility index (Phi) is 7.28. The van der Waals surface area contributed by atoms with Crippen LogP contribution in [0.2, 0.25) is 0 Å². The van der Waals surface area contributed by atoms with Gasteiger partial charge in [0, 0.05) is 26.9 Å². The number of hydrogen-bond donors (Lipinski definition) is 0. The minimum absolute atomic E-state index is 0.0636. The maximum Gasteiger partial charge on any atom is 0.302 e. The molecule has 2 heterocycles. The second-order valence-corrected chi connectivity index (χ2v) is 8.40. The minimum atomic E-state index is -0.526. The molecule has 2 saturated heterocycles. The first-order valence-electron chi connectivity index (χ1n) is 9.87. The first kappa shape index (κ1) is 21.4. The molecular weight excluding hydrogens is 332 g/mol. The van der Waals surface area contributed by atoms with Crippen molar-refractivity contribution in [2.75, 3.05) is 13.7 Å². The van der Waals surface area contributed by atoms with Crippen LogP contribution in [0.25, 0.3) is 0 Å². The number of esters is 1. The van der Waals surface area contributed by atoms with E-state index in [9.17, 15) is 4.79 Å². The number of methoxy groups -OCH3 is 1. The lowest BCUT2D eigenvalue weighted by molar-refractivity contribution is -0.320. The summed E-state index contributed by atoms with van der Waals surface area (Å²) in [7, 11) is 1.69. The predicted molar refractivity (Wildman–Crippen MR) is 101 cm³/mol. The molecular formula is C21H36O5. The van der Waals surface area contributed by atoms with E-state index in [2.05, 4.69) is 33.8 Å². The number of carbonyl (C=O) groups is 1. The van der Waals surface area contributed by atoms with Crippen LogP contribution in [0.3, 0.4) is 0 Å². The highest BCUT2D eigenvalue weighted by atomic mass is 16.7. The molecule has 5 heteroatoms. The summed E-state index contributed by atoms with van der Waals surface area (Å²) in [5.41, 5.74) is 0.993. The molecule has 0 spiro atoms. The fourth-order valence-corrected chi connectivity index (χ4v) is 4.00. The summed E-state index contributed by atoms with van der Waals surface area (Å²) in [6.45, 7) is 10.4. The molecule has 5 nitrogen and oxygen atoms in total. The highest BCUT2D eigenvalue weighted by molar-refractivity contribution is 5.66. The van der Waals surface area contributed by atoms with Crippen LogP contribution >= 0.6 is 0 Å². The summed E-state index contributed by atoms with van der Waals surface area (Å²) < 4.78 is 23.4. The van der Waals surface area contributed by atoms with Gasteiger partial charge in [0.05, 0.1) is 11.7 Å². The zero-order valence-corrected chi connectivity index (χ0v) is 17.3. The van der Waals surface area contributed by atoms with E-state index in [1.54, 1.807) is 7.11 Å². The van der Waals surface area contributed by atoms with E-state index in [1.807, 2.05) is 0 Å². The zero-order chi connectivity index (χ0) is 19.4. The molecule has 0 aromatic carbocycles. The van der Waals surface area contributed by atoms with E-state index in [0.29, 0.717) is 12.5 Å². The standard InChI is InChI=1S/C21H36O5/c1-15(2)9-10-18(25-17(4)22)16(3)8-7-12-20(5)19-11-13-21(23-6,26-19)14-24-20/h9,16,18-19H,7-8,10-14H2,1-6H3. The van der Waals surface area contributed by atoms with Gasteiger partial charge in [-0.05, 0) is 46.0 Å². The van der Waals surface area contributed by atoms with Crippen molar-refractivity contribution in [2.24, 2.45) is 5.92 Å². The molecule has 0 saturated carbocycles. The molecule has 0 aromatic heterocycles. The van der Waals surface area contributed by atoms with Gasteiger partial charge < -0.3 is 18.9 Å². The number of rotatable bonds is 9. The lowest BCUT2D eigenvalue weighted by atomic mass is 9.87. The van der Waals surface area contributed by atoms with Crippen LogP contribution in [0.5, 0.6) is 0 Å². The van der Waals surface area contributed by atoms with Crippen LogP contribution in [-0.2, 0) is 23.7 Å². The van der Waals surface area contributed by atoms with E-state index in [-0.39, 0.29) is 23.8 Å². The van der Waals surface area contributed by atoms with Crippen molar-refractivity contribution in [3.05, 3.63) is 11.6 Å². The maximum atomic E-state index is 11.4. The second kappa shape index (κ2) is 8.85. The molecule has 5 atom stereocenters. The van der Waals surface area contributed by atoms with E-state index in [4.69, 9.17) is 18.9 Å². The minimum Gasteiger partial charge on any atom is -0.462 e. The van der Waals surface area contributed by atoms with E-state index >= 15 is 0 Å². The highest BCUT2D eigenvalue weighted by Crippen LogP contribution is 2.45. The van der Waals surface area contributed by atoms with Crippen molar-refractivity contribution in [2.45, 2.75) is 96.7 Å². The number of carbonyl (C=O) groups excluding carboxylic acids is 1. The van der Waals surface area contributed by atoms with Crippen LogP contribution in [-0.4, -0.2) is 43.3 Å². The molecule has 5 unspecified atom stereocenters. The third kappa shape index (κ3) is 5.30. The summed E-state index contributed by atoms with van der Waals surface area (Å²) >= 11 is 0. The summed E-state index contributed by atoms with van der Waals surface area (Å²) in [5, 5.41) is 0. The van der Waals surface area contributed by atoms with Crippen LogP contribution < -0.4 is 0 Å². The van der Waals surface area contributed by atoms with Crippen LogP contribution in [0, 0.1) is 5.92 Å². The fourth-order valence-electron chi connectivity index (χ4n) is 4.00. The Morgan fingerprint density at radius 3 is 2.69 bits per heavy atom. The van der Waals surface area contributed by atoms with Gasteiger partial charge in [-0.1, -0.05) is 25.0 Å². The van der Waals surface area contributed by atoms with Crippen molar-refractivity contribution < 1.29 is 23.7 Å². The Balaban J connectivity index is 1.85. The highest BCUT2D eigenvalue weighted by Gasteiger charge is 2.53. The van der Waals surface area contributed by atoms with Crippen molar-refractivity contribution in [1.82, 2.24) is 0 Å². The van der Waals surface area contributed by atoms with Gasteiger partial charge in [0.2, 0.25) is 0 Å². The first-order chi connectivity index (χ1) is 12.2. The lowest BCUT2D eigenvalue weighted by Gasteiger charge is -2.43. The maximum absolute atomic E-state index is 11.4. The quantitative estimate of drug-likeness (QED) is 0.446. The smallest absolute Gasteiger partial charge is 0.302 e. The SMILES string of the molecule is COC12CCC(O1)C(C)(CCCC(C)C(CC=C(C)C)OC(C)=O)OC2. The van der Waals surface area contributed by atoms with Crippen molar-refractivity contribution in [3.63, 3.8) is 0 Å². The Hall–Kier alpha value is -0.910. The van der Waals surface area contributed by atoms with E-state index in [1.165, 1.54) is 12.5 Å². The Morgan fingerprint density at radius 1 is 1.35 bits per heavy atom. The van der Waals surface area contributed by atoms with Crippen LogP contribution in [0.15, 0.2) is 11.6 Å². The summed E-state index contributed by atoms with van der Waals surface area (Å²) in [6, 6.07) is 0. The third-order valence-corrected chi connectivity index (χ3v) is 5.86. The van der Waals surface area contributed by atoms with Gasteiger partial charge in [0.25, 0.3) is 0 Å². The van der Waals surface area contributed by atoms with Gasteiger partial charge in [-0.3, -0.25) is 4.79 Å². The summed E-state index contributed by atoms with van der Waals surface area (Å²) in [5.74, 6) is -0.423. The predicted octanol–water partition coefficient (Wildman–Crippen LogP) is 4.39. The first-order valence-corrected chi connectivity index (χ1v) is 9.87. The lowest BCUT2D eigenvalue weighted by Crippen LogP contribution is -2.53. The Labute approximate surface area is 158 Å². The Morgan fingerprint density at radius 2 is 2.08 bits per heavy atom. The Bertz CT molecular complexity index is 513. The molecule has 0 radical (unpaired) electrons.